The lowest BCUT2D eigenvalue weighted by atomic mass is 9.99. The third-order valence-electron chi connectivity index (χ3n) is 5.43. The maximum Gasteiger partial charge on any atom is 0.162 e. The molecule has 27 heavy (non-hydrogen) atoms. The van der Waals surface area contributed by atoms with E-state index in [2.05, 4.69) is 40.4 Å². The SMILES string of the molecule is O/N=C(/CCCN1CC[C@H](c2ccccc2)C1)c1ccc2c(c1)OCCO2. The van der Waals surface area contributed by atoms with Crippen LogP contribution in [0, 0.1) is 0 Å². The van der Waals surface area contributed by atoms with E-state index in [1.807, 2.05) is 18.2 Å². The van der Waals surface area contributed by atoms with Crippen LogP contribution in [0.2, 0.25) is 0 Å². The van der Waals surface area contributed by atoms with E-state index in [-0.39, 0.29) is 0 Å². The number of benzene rings is 2. The highest BCUT2D eigenvalue weighted by molar-refractivity contribution is 6.00. The smallest absolute Gasteiger partial charge is 0.162 e. The van der Waals surface area contributed by atoms with Gasteiger partial charge in [-0.2, -0.15) is 0 Å². The molecular weight excluding hydrogens is 340 g/mol. The molecule has 0 radical (unpaired) electrons. The third-order valence-corrected chi connectivity index (χ3v) is 5.43. The summed E-state index contributed by atoms with van der Waals surface area (Å²) in [6, 6.07) is 16.5. The van der Waals surface area contributed by atoms with Crippen LogP contribution in [0.1, 0.15) is 36.3 Å². The second kappa shape index (κ2) is 8.44. The molecule has 0 amide bonds. The zero-order valence-electron chi connectivity index (χ0n) is 15.5. The Bertz CT molecular complexity index is 791. The molecular formula is C22H26N2O3. The van der Waals surface area contributed by atoms with E-state index in [1.54, 1.807) is 0 Å². The van der Waals surface area contributed by atoms with E-state index >= 15 is 0 Å². The molecule has 5 nitrogen and oxygen atoms in total. The molecule has 0 unspecified atom stereocenters. The fourth-order valence-electron chi connectivity index (χ4n) is 3.98. The molecule has 2 aliphatic heterocycles. The molecule has 1 fully saturated rings. The molecule has 142 valence electrons. The summed E-state index contributed by atoms with van der Waals surface area (Å²) in [6.45, 7) is 4.40. The highest BCUT2D eigenvalue weighted by Gasteiger charge is 2.23. The summed E-state index contributed by atoms with van der Waals surface area (Å²) in [5.41, 5.74) is 3.03. The minimum Gasteiger partial charge on any atom is -0.486 e. The van der Waals surface area contributed by atoms with Crippen LogP contribution in [-0.2, 0) is 0 Å². The van der Waals surface area contributed by atoms with Crippen molar-refractivity contribution in [2.75, 3.05) is 32.8 Å². The van der Waals surface area contributed by atoms with Crippen molar-refractivity contribution >= 4 is 5.71 Å². The quantitative estimate of drug-likeness (QED) is 0.478. The molecule has 2 aromatic rings. The summed E-state index contributed by atoms with van der Waals surface area (Å²) >= 11 is 0. The van der Waals surface area contributed by atoms with Gasteiger partial charge in [0.2, 0.25) is 0 Å². The number of hydrogen-bond acceptors (Lipinski definition) is 5. The highest BCUT2D eigenvalue weighted by Crippen LogP contribution is 2.31. The van der Waals surface area contributed by atoms with Gasteiger partial charge in [0.1, 0.15) is 13.2 Å². The first-order chi connectivity index (χ1) is 13.3. The molecule has 0 aromatic heterocycles. The fourth-order valence-corrected chi connectivity index (χ4v) is 3.98. The van der Waals surface area contributed by atoms with Crippen LogP contribution in [0.5, 0.6) is 11.5 Å². The van der Waals surface area contributed by atoms with Gasteiger partial charge in [-0.25, -0.2) is 0 Å². The number of rotatable bonds is 6. The molecule has 1 saturated heterocycles. The second-order valence-electron chi connectivity index (χ2n) is 7.21. The maximum atomic E-state index is 9.47. The van der Waals surface area contributed by atoms with E-state index in [0.717, 1.165) is 49.5 Å². The van der Waals surface area contributed by atoms with Crippen molar-refractivity contribution in [3.63, 3.8) is 0 Å². The predicted octanol–water partition coefficient (Wildman–Crippen LogP) is 3.91. The van der Waals surface area contributed by atoms with Gasteiger partial charge in [-0.15, -0.1) is 0 Å². The average Bonchev–Trinajstić information content (AvgIpc) is 3.20. The fraction of sp³-hybridized carbons (Fsp3) is 0.409. The first-order valence-corrected chi connectivity index (χ1v) is 9.72. The van der Waals surface area contributed by atoms with E-state index in [9.17, 15) is 5.21 Å². The van der Waals surface area contributed by atoms with Crippen molar-refractivity contribution in [3.8, 4) is 11.5 Å². The van der Waals surface area contributed by atoms with Crippen molar-refractivity contribution in [3.05, 3.63) is 59.7 Å². The lowest BCUT2D eigenvalue weighted by molar-refractivity contribution is 0.171. The van der Waals surface area contributed by atoms with Gasteiger partial charge in [-0.05, 0) is 62.0 Å². The van der Waals surface area contributed by atoms with Crippen LogP contribution in [0.25, 0.3) is 0 Å². The number of nitrogens with zero attached hydrogens (tertiary/aromatic N) is 2. The summed E-state index contributed by atoms with van der Waals surface area (Å²) < 4.78 is 11.2. The molecule has 1 atom stereocenters. The Morgan fingerprint density at radius 3 is 2.70 bits per heavy atom. The lowest BCUT2D eigenvalue weighted by Gasteiger charge is -2.19. The highest BCUT2D eigenvalue weighted by atomic mass is 16.6. The van der Waals surface area contributed by atoms with Gasteiger partial charge < -0.3 is 19.6 Å². The molecule has 2 aromatic carbocycles. The first-order valence-electron chi connectivity index (χ1n) is 9.72. The second-order valence-corrected chi connectivity index (χ2v) is 7.21. The molecule has 0 spiro atoms. The van der Waals surface area contributed by atoms with E-state index in [4.69, 9.17) is 9.47 Å². The molecule has 2 aliphatic rings. The van der Waals surface area contributed by atoms with Crippen molar-refractivity contribution in [2.45, 2.75) is 25.2 Å². The Hall–Kier alpha value is -2.53. The van der Waals surface area contributed by atoms with Gasteiger partial charge in [0, 0.05) is 12.1 Å². The zero-order valence-corrected chi connectivity index (χ0v) is 15.5. The van der Waals surface area contributed by atoms with Crippen LogP contribution in [-0.4, -0.2) is 48.7 Å². The summed E-state index contributed by atoms with van der Waals surface area (Å²) in [7, 11) is 0. The molecule has 0 bridgehead atoms. The van der Waals surface area contributed by atoms with Gasteiger partial charge in [-0.1, -0.05) is 35.5 Å². The monoisotopic (exact) mass is 366 g/mol. The van der Waals surface area contributed by atoms with E-state index in [1.165, 1.54) is 12.0 Å². The summed E-state index contributed by atoms with van der Waals surface area (Å²) in [4.78, 5) is 2.51. The normalized spacial score (nSPS) is 20.0. The number of oxime groups is 1. The maximum absolute atomic E-state index is 9.47. The Morgan fingerprint density at radius 2 is 1.89 bits per heavy atom. The van der Waals surface area contributed by atoms with Gasteiger partial charge in [0.05, 0.1) is 5.71 Å². The summed E-state index contributed by atoms with van der Waals surface area (Å²) in [5, 5.41) is 13.0. The number of hydrogen-bond donors (Lipinski definition) is 1. The Balaban J connectivity index is 1.29. The van der Waals surface area contributed by atoms with E-state index in [0.29, 0.717) is 24.8 Å². The summed E-state index contributed by atoms with van der Waals surface area (Å²) in [6.07, 6.45) is 2.92. The molecule has 2 heterocycles. The molecule has 1 N–H and O–H groups in total. The van der Waals surface area contributed by atoms with Crippen molar-refractivity contribution < 1.29 is 14.7 Å². The molecule has 0 saturated carbocycles. The van der Waals surface area contributed by atoms with Crippen LogP contribution < -0.4 is 9.47 Å². The van der Waals surface area contributed by atoms with Crippen molar-refractivity contribution in [1.29, 1.82) is 0 Å². The first kappa shape index (κ1) is 17.9. The Morgan fingerprint density at radius 1 is 1.07 bits per heavy atom. The topological polar surface area (TPSA) is 54.3 Å². The van der Waals surface area contributed by atoms with Crippen LogP contribution in [0.4, 0.5) is 0 Å². The number of likely N-dealkylation sites (tertiary alicyclic amines) is 1. The minimum atomic E-state index is 0.555. The van der Waals surface area contributed by atoms with Crippen LogP contribution in [0.15, 0.2) is 53.7 Å². The molecule has 0 aliphatic carbocycles. The largest absolute Gasteiger partial charge is 0.486 e. The molecule has 5 heteroatoms. The minimum absolute atomic E-state index is 0.555. The predicted molar refractivity (Wildman–Crippen MR) is 105 cm³/mol. The lowest BCUT2D eigenvalue weighted by Crippen LogP contribution is -2.22. The van der Waals surface area contributed by atoms with Gasteiger partial charge in [0.15, 0.2) is 11.5 Å². The van der Waals surface area contributed by atoms with Crippen LogP contribution >= 0.6 is 0 Å². The van der Waals surface area contributed by atoms with Gasteiger partial charge in [0.25, 0.3) is 0 Å². The molecule has 4 rings (SSSR count). The van der Waals surface area contributed by atoms with Gasteiger partial charge >= 0.3 is 0 Å². The Labute approximate surface area is 160 Å². The van der Waals surface area contributed by atoms with Gasteiger partial charge in [-0.3, -0.25) is 0 Å². The van der Waals surface area contributed by atoms with Crippen molar-refractivity contribution in [1.82, 2.24) is 4.90 Å². The van der Waals surface area contributed by atoms with Crippen LogP contribution in [0.3, 0.4) is 0 Å². The van der Waals surface area contributed by atoms with Crippen molar-refractivity contribution in [2.24, 2.45) is 5.16 Å². The Kier molecular flexibility index (Phi) is 5.58. The average molecular weight is 366 g/mol. The number of fused-ring (bicyclic) bond motifs is 1. The third kappa shape index (κ3) is 4.25. The standard InChI is InChI=1S/C22H26N2O3/c25-23-20(18-8-9-21-22(15-18)27-14-13-26-21)7-4-11-24-12-10-19(16-24)17-5-2-1-3-6-17/h1-3,5-6,8-9,15,19,25H,4,7,10-14,16H2/b23-20-/t19-/m0/s1. The summed E-state index contributed by atoms with van der Waals surface area (Å²) in [5.74, 6) is 2.12. The number of ether oxygens (including phenoxy) is 2. The van der Waals surface area contributed by atoms with E-state index < -0.39 is 0 Å². The zero-order chi connectivity index (χ0) is 18.5.